The molecule has 1 heterocycles. The van der Waals surface area contributed by atoms with Crippen LogP contribution in [-0.4, -0.2) is 12.1 Å². The third kappa shape index (κ3) is 3.30. The van der Waals surface area contributed by atoms with Crippen LogP contribution in [0.25, 0.3) is 0 Å². The number of aromatic nitrogens is 1. The summed E-state index contributed by atoms with van der Waals surface area (Å²) >= 11 is 6.76. The molecule has 2 rings (SSSR count). The van der Waals surface area contributed by atoms with Crippen LogP contribution in [0.5, 0.6) is 5.75 Å². The van der Waals surface area contributed by atoms with E-state index in [9.17, 15) is 5.26 Å². The highest BCUT2D eigenvalue weighted by Crippen LogP contribution is 2.30. The average molecular weight is 397 g/mol. The molecule has 1 N–H and O–H groups in total. The van der Waals surface area contributed by atoms with E-state index in [0.717, 1.165) is 14.6 Å². The molecule has 0 amide bonds. The third-order valence-corrected chi connectivity index (χ3v) is 3.71. The van der Waals surface area contributed by atoms with E-state index in [1.165, 1.54) is 0 Å². The number of anilines is 1. The summed E-state index contributed by atoms with van der Waals surface area (Å²) in [6, 6.07) is 10.9. The number of hydrogen-bond acceptors (Lipinski definition) is 4. The van der Waals surface area contributed by atoms with Gasteiger partial charge in [-0.25, -0.2) is 0 Å². The molecule has 1 unspecified atom stereocenters. The molecule has 0 bridgehead atoms. The number of benzene rings is 1. The van der Waals surface area contributed by atoms with Gasteiger partial charge in [0.05, 0.1) is 24.6 Å². The van der Waals surface area contributed by atoms with Gasteiger partial charge in [-0.15, -0.1) is 0 Å². The van der Waals surface area contributed by atoms with E-state index in [0.29, 0.717) is 11.4 Å². The fraction of sp³-hybridized carbons (Fsp3) is 0.143. The van der Waals surface area contributed by atoms with Gasteiger partial charge < -0.3 is 10.1 Å². The molecule has 1 aromatic heterocycles. The van der Waals surface area contributed by atoms with Crippen molar-refractivity contribution in [2.45, 2.75) is 6.04 Å². The lowest BCUT2D eigenvalue weighted by molar-refractivity contribution is 0.416. The van der Waals surface area contributed by atoms with Gasteiger partial charge in [-0.3, -0.25) is 4.98 Å². The molecule has 1 atom stereocenters. The number of nitrogens with one attached hydrogen (secondary N) is 1. The molecule has 0 saturated carbocycles. The minimum Gasteiger partial charge on any atom is -0.495 e. The number of ether oxygens (including phenoxy) is 1. The van der Waals surface area contributed by atoms with Crippen LogP contribution in [0.1, 0.15) is 11.7 Å². The second-order valence-corrected chi connectivity index (χ2v) is 5.70. The number of nitriles is 1. The van der Waals surface area contributed by atoms with Crippen LogP contribution >= 0.6 is 31.9 Å². The van der Waals surface area contributed by atoms with E-state index in [-0.39, 0.29) is 0 Å². The van der Waals surface area contributed by atoms with Gasteiger partial charge in [0.1, 0.15) is 5.75 Å². The molecular formula is C14H11Br2N3O. The molecule has 6 heteroatoms. The molecule has 20 heavy (non-hydrogen) atoms. The number of para-hydroxylation sites is 2. The predicted octanol–water partition coefficient (Wildman–Crippen LogP) is 4.29. The van der Waals surface area contributed by atoms with Gasteiger partial charge in [-0.1, -0.05) is 12.1 Å². The molecule has 0 radical (unpaired) electrons. The van der Waals surface area contributed by atoms with Crippen LogP contribution in [0.15, 0.2) is 45.5 Å². The maximum absolute atomic E-state index is 9.37. The minimum absolute atomic E-state index is 0.575. The maximum Gasteiger partial charge on any atom is 0.158 e. The van der Waals surface area contributed by atoms with E-state index in [1.54, 1.807) is 13.3 Å². The third-order valence-electron chi connectivity index (χ3n) is 2.65. The summed E-state index contributed by atoms with van der Waals surface area (Å²) in [6.07, 6.45) is 1.66. The van der Waals surface area contributed by atoms with Crippen molar-refractivity contribution >= 4 is 37.5 Å². The van der Waals surface area contributed by atoms with Crippen molar-refractivity contribution < 1.29 is 4.74 Å². The Balaban J connectivity index is 2.32. The molecule has 102 valence electrons. The molecule has 2 aromatic rings. The van der Waals surface area contributed by atoms with Gasteiger partial charge in [0.25, 0.3) is 0 Å². The van der Waals surface area contributed by atoms with Crippen molar-refractivity contribution in [2.24, 2.45) is 0 Å². The first kappa shape index (κ1) is 14.8. The van der Waals surface area contributed by atoms with Crippen molar-refractivity contribution in [3.8, 4) is 11.8 Å². The van der Waals surface area contributed by atoms with E-state index in [4.69, 9.17) is 4.74 Å². The van der Waals surface area contributed by atoms with Gasteiger partial charge in [-0.05, 0) is 50.1 Å². The van der Waals surface area contributed by atoms with Crippen molar-refractivity contribution in [1.29, 1.82) is 5.26 Å². The summed E-state index contributed by atoms with van der Waals surface area (Å²) < 4.78 is 6.88. The predicted molar refractivity (Wildman–Crippen MR) is 84.6 cm³/mol. The van der Waals surface area contributed by atoms with E-state index in [2.05, 4.69) is 48.2 Å². The molecule has 0 saturated heterocycles. The van der Waals surface area contributed by atoms with E-state index >= 15 is 0 Å². The van der Waals surface area contributed by atoms with Gasteiger partial charge in [0, 0.05) is 15.1 Å². The zero-order valence-corrected chi connectivity index (χ0v) is 13.8. The van der Waals surface area contributed by atoms with Crippen molar-refractivity contribution in [1.82, 2.24) is 4.98 Å². The Hall–Kier alpha value is -1.58. The molecule has 0 fully saturated rings. The smallest absolute Gasteiger partial charge is 0.158 e. The molecule has 0 aliphatic carbocycles. The summed E-state index contributed by atoms with van der Waals surface area (Å²) in [5.41, 5.74) is 1.37. The van der Waals surface area contributed by atoms with Crippen LogP contribution in [0.4, 0.5) is 5.69 Å². The van der Waals surface area contributed by atoms with E-state index < -0.39 is 6.04 Å². The van der Waals surface area contributed by atoms with Crippen LogP contribution in [-0.2, 0) is 0 Å². The zero-order chi connectivity index (χ0) is 14.5. The Bertz CT molecular complexity index is 655. The zero-order valence-electron chi connectivity index (χ0n) is 10.6. The van der Waals surface area contributed by atoms with Crippen LogP contribution in [0, 0.1) is 11.3 Å². The Morgan fingerprint density at radius 3 is 2.75 bits per heavy atom. The standard InChI is InChI=1S/C14H11Br2N3O/c1-20-13-5-3-2-4-11(13)19-12(7-17)14-10(16)6-9(15)8-18-14/h2-6,8,12,19H,1H3. The fourth-order valence-corrected chi connectivity index (χ4v) is 2.94. The van der Waals surface area contributed by atoms with Crippen LogP contribution in [0.3, 0.4) is 0 Å². The summed E-state index contributed by atoms with van der Waals surface area (Å²) in [6.45, 7) is 0. The van der Waals surface area contributed by atoms with Crippen molar-refractivity contribution in [2.75, 3.05) is 12.4 Å². The largest absolute Gasteiger partial charge is 0.495 e. The molecule has 0 aliphatic heterocycles. The number of methoxy groups -OCH3 is 1. The van der Waals surface area contributed by atoms with Gasteiger partial charge >= 0.3 is 0 Å². The Morgan fingerprint density at radius 1 is 1.35 bits per heavy atom. The first-order valence-corrected chi connectivity index (χ1v) is 7.34. The summed E-state index contributed by atoms with van der Waals surface area (Å²) in [5, 5.41) is 12.5. The lowest BCUT2D eigenvalue weighted by Gasteiger charge is -2.16. The molecular weight excluding hydrogens is 386 g/mol. The van der Waals surface area contributed by atoms with Crippen LogP contribution < -0.4 is 10.1 Å². The first-order valence-electron chi connectivity index (χ1n) is 5.76. The highest BCUT2D eigenvalue weighted by Gasteiger charge is 2.17. The summed E-state index contributed by atoms with van der Waals surface area (Å²) in [7, 11) is 1.59. The minimum atomic E-state index is -0.575. The lowest BCUT2D eigenvalue weighted by atomic mass is 10.2. The van der Waals surface area contributed by atoms with Crippen molar-refractivity contribution in [3.63, 3.8) is 0 Å². The number of halogens is 2. The Kier molecular flexibility index (Phi) is 4.99. The average Bonchev–Trinajstić information content (AvgIpc) is 2.46. The molecule has 0 aliphatic rings. The van der Waals surface area contributed by atoms with Crippen LogP contribution in [0.2, 0.25) is 0 Å². The first-order chi connectivity index (χ1) is 9.65. The van der Waals surface area contributed by atoms with Gasteiger partial charge in [0.15, 0.2) is 6.04 Å². The number of nitrogens with zero attached hydrogens (tertiary/aromatic N) is 2. The maximum atomic E-state index is 9.37. The number of hydrogen-bond donors (Lipinski definition) is 1. The lowest BCUT2D eigenvalue weighted by Crippen LogP contribution is -2.11. The molecule has 1 aromatic carbocycles. The Morgan fingerprint density at radius 2 is 2.10 bits per heavy atom. The molecule has 4 nitrogen and oxygen atoms in total. The van der Waals surface area contributed by atoms with E-state index in [1.807, 2.05) is 30.3 Å². The fourth-order valence-electron chi connectivity index (χ4n) is 1.72. The van der Waals surface area contributed by atoms with Gasteiger partial charge in [-0.2, -0.15) is 5.26 Å². The molecule has 0 spiro atoms. The summed E-state index contributed by atoms with van der Waals surface area (Å²) in [4.78, 5) is 4.28. The number of rotatable bonds is 4. The normalized spacial score (nSPS) is 11.5. The topological polar surface area (TPSA) is 57.9 Å². The van der Waals surface area contributed by atoms with Crippen molar-refractivity contribution in [3.05, 3.63) is 51.2 Å². The quantitative estimate of drug-likeness (QED) is 0.837. The monoisotopic (exact) mass is 395 g/mol. The highest BCUT2D eigenvalue weighted by atomic mass is 79.9. The Labute approximate surface area is 134 Å². The number of pyridine rings is 1. The SMILES string of the molecule is COc1ccccc1NC(C#N)c1ncc(Br)cc1Br. The second-order valence-electron chi connectivity index (χ2n) is 3.93. The highest BCUT2D eigenvalue weighted by molar-refractivity contribution is 9.11. The second kappa shape index (κ2) is 6.73. The summed E-state index contributed by atoms with van der Waals surface area (Å²) in [5.74, 6) is 0.681. The van der Waals surface area contributed by atoms with Gasteiger partial charge in [0.2, 0.25) is 0 Å².